The van der Waals surface area contributed by atoms with Crippen LogP contribution in [0.15, 0.2) is 12.3 Å². The third-order valence-corrected chi connectivity index (χ3v) is 1.73. The maximum absolute atomic E-state index is 12.9. The van der Waals surface area contributed by atoms with Crippen molar-refractivity contribution in [2.45, 2.75) is 6.42 Å². The fourth-order valence-electron chi connectivity index (χ4n) is 0.899. The molecule has 0 atom stereocenters. The molecule has 1 rings (SSSR count). The molecule has 0 aromatic carbocycles. The zero-order chi connectivity index (χ0) is 8.97. The highest BCUT2D eigenvalue weighted by Crippen LogP contribution is 2.12. The lowest BCUT2D eigenvalue weighted by Crippen LogP contribution is -2.11. The second-order valence-electron chi connectivity index (χ2n) is 2.46. The summed E-state index contributed by atoms with van der Waals surface area (Å²) in [7, 11) is 1.82. The fraction of sp³-hybridized carbons (Fsp3) is 0.375. The normalized spacial score (nSPS) is 10.2. The van der Waals surface area contributed by atoms with Gasteiger partial charge in [-0.1, -0.05) is 11.6 Å². The van der Waals surface area contributed by atoms with Crippen molar-refractivity contribution in [1.29, 1.82) is 0 Å². The van der Waals surface area contributed by atoms with Crippen LogP contribution in [0.25, 0.3) is 0 Å². The topological polar surface area (TPSA) is 24.9 Å². The number of nitrogens with zero attached hydrogens (tertiary/aromatic N) is 1. The van der Waals surface area contributed by atoms with Gasteiger partial charge in [0.2, 0.25) is 5.95 Å². The Labute approximate surface area is 75.8 Å². The maximum atomic E-state index is 12.9. The number of halogens is 2. The Morgan fingerprint density at radius 3 is 3.08 bits per heavy atom. The molecule has 12 heavy (non-hydrogen) atoms. The van der Waals surface area contributed by atoms with Crippen molar-refractivity contribution in [3.63, 3.8) is 0 Å². The Hall–Kier alpha value is -0.670. The van der Waals surface area contributed by atoms with Crippen LogP contribution in [-0.4, -0.2) is 18.6 Å². The monoisotopic (exact) mass is 188 g/mol. The van der Waals surface area contributed by atoms with E-state index in [9.17, 15) is 4.39 Å². The second kappa shape index (κ2) is 4.38. The quantitative estimate of drug-likeness (QED) is 0.730. The van der Waals surface area contributed by atoms with E-state index in [0.29, 0.717) is 17.0 Å². The number of pyridine rings is 1. The molecule has 0 aliphatic carbocycles. The molecule has 1 aromatic rings. The summed E-state index contributed by atoms with van der Waals surface area (Å²) in [5.74, 6) is -0.436. The van der Waals surface area contributed by atoms with E-state index in [0.717, 1.165) is 6.54 Å². The van der Waals surface area contributed by atoms with Crippen LogP contribution in [0.1, 0.15) is 5.56 Å². The molecule has 4 heteroatoms. The van der Waals surface area contributed by atoms with Crippen LogP contribution in [0.4, 0.5) is 4.39 Å². The molecular formula is C8H10ClFN2. The second-order valence-corrected chi connectivity index (χ2v) is 2.89. The van der Waals surface area contributed by atoms with Crippen molar-refractivity contribution in [1.82, 2.24) is 10.3 Å². The van der Waals surface area contributed by atoms with Crippen molar-refractivity contribution in [3.8, 4) is 0 Å². The molecule has 0 spiro atoms. The molecule has 1 aromatic heterocycles. The molecule has 0 aliphatic heterocycles. The molecule has 0 radical (unpaired) electrons. The Bertz CT molecular complexity index is 265. The summed E-state index contributed by atoms with van der Waals surface area (Å²) in [4.78, 5) is 3.51. The minimum atomic E-state index is -0.436. The molecule has 2 nitrogen and oxygen atoms in total. The van der Waals surface area contributed by atoms with Crippen LogP contribution in [0.2, 0.25) is 5.02 Å². The zero-order valence-electron chi connectivity index (χ0n) is 6.77. The summed E-state index contributed by atoms with van der Waals surface area (Å²) in [5, 5.41) is 3.40. The summed E-state index contributed by atoms with van der Waals surface area (Å²) >= 11 is 5.65. The van der Waals surface area contributed by atoms with Gasteiger partial charge in [0.15, 0.2) is 0 Å². The molecule has 1 N–H and O–H groups in total. The number of hydrogen-bond acceptors (Lipinski definition) is 2. The summed E-state index contributed by atoms with van der Waals surface area (Å²) in [6.45, 7) is 0.721. The van der Waals surface area contributed by atoms with Crippen molar-refractivity contribution in [3.05, 3.63) is 28.8 Å². The first kappa shape index (κ1) is 9.42. The molecule has 0 fully saturated rings. The summed E-state index contributed by atoms with van der Waals surface area (Å²) in [5.41, 5.74) is 0.553. The molecule has 0 bridgehead atoms. The SMILES string of the molecule is CNCCc1cc(Cl)cnc1F. The molecule has 66 valence electrons. The molecule has 0 aliphatic rings. The van der Waals surface area contributed by atoms with Crippen molar-refractivity contribution >= 4 is 11.6 Å². The molecule has 0 amide bonds. The molecule has 0 saturated heterocycles. The molecule has 0 unspecified atom stereocenters. The smallest absolute Gasteiger partial charge is 0.216 e. The lowest BCUT2D eigenvalue weighted by molar-refractivity contribution is 0.563. The highest BCUT2D eigenvalue weighted by Gasteiger charge is 2.02. The van der Waals surface area contributed by atoms with Crippen LogP contribution in [0.5, 0.6) is 0 Å². The molecule has 1 heterocycles. The number of likely N-dealkylation sites (N-methyl/N-ethyl adjacent to an activating group) is 1. The summed E-state index contributed by atoms with van der Waals surface area (Å²) in [6.07, 6.45) is 1.91. The van der Waals surface area contributed by atoms with E-state index >= 15 is 0 Å². The van der Waals surface area contributed by atoms with Crippen molar-refractivity contribution in [2.24, 2.45) is 0 Å². The van der Waals surface area contributed by atoms with Crippen LogP contribution in [0.3, 0.4) is 0 Å². The first-order chi connectivity index (χ1) is 5.74. The van der Waals surface area contributed by atoms with E-state index in [1.165, 1.54) is 6.20 Å². The Morgan fingerprint density at radius 2 is 2.42 bits per heavy atom. The lowest BCUT2D eigenvalue weighted by Gasteiger charge is -2.01. The van der Waals surface area contributed by atoms with Gasteiger partial charge in [0.25, 0.3) is 0 Å². The van der Waals surface area contributed by atoms with Crippen LogP contribution in [-0.2, 0) is 6.42 Å². The highest BCUT2D eigenvalue weighted by molar-refractivity contribution is 6.30. The first-order valence-electron chi connectivity index (χ1n) is 3.68. The van der Waals surface area contributed by atoms with E-state index in [1.54, 1.807) is 6.07 Å². The van der Waals surface area contributed by atoms with Gasteiger partial charge in [0, 0.05) is 11.8 Å². The van der Waals surface area contributed by atoms with E-state index in [-0.39, 0.29) is 0 Å². The Morgan fingerprint density at radius 1 is 1.67 bits per heavy atom. The number of rotatable bonds is 3. The average molecular weight is 189 g/mol. The van der Waals surface area contributed by atoms with Gasteiger partial charge < -0.3 is 5.32 Å². The standard InChI is InChI=1S/C8H10ClFN2/c1-11-3-2-6-4-7(9)5-12-8(6)10/h4-5,11H,2-3H2,1H3. The van der Waals surface area contributed by atoms with E-state index < -0.39 is 5.95 Å². The van der Waals surface area contributed by atoms with Gasteiger partial charge in [-0.15, -0.1) is 0 Å². The van der Waals surface area contributed by atoms with Crippen molar-refractivity contribution < 1.29 is 4.39 Å². The van der Waals surface area contributed by atoms with E-state index in [1.807, 2.05) is 7.05 Å². The highest BCUT2D eigenvalue weighted by atomic mass is 35.5. The minimum absolute atomic E-state index is 0.436. The van der Waals surface area contributed by atoms with Gasteiger partial charge in [0.05, 0.1) is 5.02 Å². The lowest BCUT2D eigenvalue weighted by atomic mass is 10.2. The van der Waals surface area contributed by atoms with Gasteiger partial charge in [-0.3, -0.25) is 0 Å². The van der Waals surface area contributed by atoms with Crippen molar-refractivity contribution in [2.75, 3.05) is 13.6 Å². The summed E-state index contributed by atoms with van der Waals surface area (Å²) < 4.78 is 12.9. The molecular weight excluding hydrogens is 179 g/mol. The number of hydrogen-bond donors (Lipinski definition) is 1. The Balaban J connectivity index is 2.75. The summed E-state index contributed by atoms with van der Waals surface area (Å²) in [6, 6.07) is 1.60. The average Bonchev–Trinajstić information content (AvgIpc) is 2.07. The van der Waals surface area contributed by atoms with Gasteiger partial charge in [-0.05, 0) is 26.1 Å². The minimum Gasteiger partial charge on any atom is -0.319 e. The first-order valence-corrected chi connectivity index (χ1v) is 4.06. The third kappa shape index (κ3) is 2.43. The van der Waals surface area contributed by atoms with Crippen LogP contribution >= 0.6 is 11.6 Å². The van der Waals surface area contributed by atoms with Gasteiger partial charge in [-0.2, -0.15) is 4.39 Å². The Kier molecular flexibility index (Phi) is 3.44. The van der Waals surface area contributed by atoms with Crippen LogP contribution in [0, 0.1) is 5.95 Å². The largest absolute Gasteiger partial charge is 0.319 e. The number of aromatic nitrogens is 1. The number of nitrogens with one attached hydrogen (secondary N) is 1. The fourth-order valence-corrected chi connectivity index (χ4v) is 1.08. The van der Waals surface area contributed by atoms with E-state index in [2.05, 4.69) is 10.3 Å². The third-order valence-electron chi connectivity index (χ3n) is 1.52. The predicted octanol–water partition coefficient (Wildman–Crippen LogP) is 1.64. The van der Waals surface area contributed by atoms with Gasteiger partial charge >= 0.3 is 0 Å². The van der Waals surface area contributed by atoms with Crippen LogP contribution < -0.4 is 5.32 Å². The van der Waals surface area contributed by atoms with Gasteiger partial charge in [0.1, 0.15) is 0 Å². The maximum Gasteiger partial charge on any atom is 0.216 e. The van der Waals surface area contributed by atoms with E-state index in [4.69, 9.17) is 11.6 Å². The molecule has 0 saturated carbocycles. The zero-order valence-corrected chi connectivity index (χ0v) is 7.53. The van der Waals surface area contributed by atoms with Gasteiger partial charge in [-0.25, -0.2) is 4.98 Å². The predicted molar refractivity (Wildman–Crippen MR) is 46.8 cm³/mol.